The van der Waals surface area contributed by atoms with Gasteiger partial charge < -0.3 is 14.6 Å². The zero-order valence-electron chi connectivity index (χ0n) is 9.49. The van der Waals surface area contributed by atoms with Crippen molar-refractivity contribution in [3.05, 3.63) is 18.2 Å². The van der Waals surface area contributed by atoms with Crippen LogP contribution in [0.3, 0.4) is 0 Å². The summed E-state index contributed by atoms with van der Waals surface area (Å²) in [5.41, 5.74) is 0.175. The molecule has 1 aromatic heterocycles. The lowest BCUT2D eigenvalue weighted by Gasteiger charge is -2.23. The van der Waals surface area contributed by atoms with E-state index in [0.29, 0.717) is 0 Å². The Bertz CT molecular complexity index is 315. The van der Waals surface area contributed by atoms with E-state index in [1.54, 1.807) is 0 Å². The third kappa shape index (κ3) is 2.58. The van der Waals surface area contributed by atoms with Gasteiger partial charge in [-0.2, -0.15) is 0 Å². The van der Waals surface area contributed by atoms with Gasteiger partial charge in [-0.15, -0.1) is 0 Å². The Morgan fingerprint density at radius 1 is 1.67 bits per heavy atom. The van der Waals surface area contributed by atoms with Gasteiger partial charge in [0.25, 0.3) is 0 Å². The van der Waals surface area contributed by atoms with Crippen molar-refractivity contribution in [2.24, 2.45) is 0 Å². The highest BCUT2D eigenvalue weighted by Gasteiger charge is 2.28. The lowest BCUT2D eigenvalue weighted by Crippen LogP contribution is -2.44. The second-order valence-electron chi connectivity index (χ2n) is 4.46. The minimum Gasteiger partial charge on any atom is -0.379 e. The summed E-state index contributed by atoms with van der Waals surface area (Å²) in [7, 11) is 0. The molecule has 1 aromatic rings. The SMILES string of the molecule is Cc1nccn1CCNC1(C)CCOC1. The Morgan fingerprint density at radius 2 is 2.53 bits per heavy atom. The van der Waals surface area contributed by atoms with Gasteiger partial charge in [-0.1, -0.05) is 0 Å². The Labute approximate surface area is 90.6 Å². The van der Waals surface area contributed by atoms with Crippen molar-refractivity contribution in [3.63, 3.8) is 0 Å². The van der Waals surface area contributed by atoms with Gasteiger partial charge in [0.15, 0.2) is 0 Å². The van der Waals surface area contributed by atoms with E-state index < -0.39 is 0 Å². The molecule has 0 saturated carbocycles. The first-order valence-electron chi connectivity index (χ1n) is 5.50. The highest BCUT2D eigenvalue weighted by atomic mass is 16.5. The van der Waals surface area contributed by atoms with Crippen molar-refractivity contribution in [1.29, 1.82) is 0 Å². The molecule has 1 aliphatic heterocycles. The summed E-state index contributed by atoms with van der Waals surface area (Å²) in [5.74, 6) is 1.07. The first-order valence-corrected chi connectivity index (χ1v) is 5.50. The van der Waals surface area contributed by atoms with E-state index in [2.05, 4.69) is 21.8 Å². The minimum absolute atomic E-state index is 0.175. The number of ether oxygens (including phenoxy) is 1. The summed E-state index contributed by atoms with van der Waals surface area (Å²) in [6.07, 6.45) is 4.97. The molecule has 1 fully saturated rings. The van der Waals surface area contributed by atoms with Crippen LogP contribution in [0.2, 0.25) is 0 Å². The summed E-state index contributed by atoms with van der Waals surface area (Å²) in [6.45, 7) is 7.91. The Kier molecular flexibility index (Phi) is 3.07. The van der Waals surface area contributed by atoms with Gasteiger partial charge in [0.05, 0.1) is 6.61 Å². The molecule has 0 aliphatic carbocycles. The van der Waals surface area contributed by atoms with E-state index in [9.17, 15) is 0 Å². The number of aromatic nitrogens is 2. The molecule has 2 heterocycles. The van der Waals surface area contributed by atoms with Crippen molar-refractivity contribution >= 4 is 0 Å². The predicted molar refractivity (Wildman–Crippen MR) is 58.8 cm³/mol. The Balaban J connectivity index is 1.77. The van der Waals surface area contributed by atoms with Crippen LogP contribution in [0.5, 0.6) is 0 Å². The van der Waals surface area contributed by atoms with Crippen LogP contribution in [0.25, 0.3) is 0 Å². The molecule has 15 heavy (non-hydrogen) atoms. The average Bonchev–Trinajstić information content (AvgIpc) is 2.78. The highest BCUT2D eigenvalue weighted by Crippen LogP contribution is 2.16. The van der Waals surface area contributed by atoms with Gasteiger partial charge in [0.2, 0.25) is 0 Å². The van der Waals surface area contributed by atoms with Crippen molar-refractivity contribution in [2.45, 2.75) is 32.4 Å². The van der Waals surface area contributed by atoms with Crippen LogP contribution < -0.4 is 5.32 Å². The fraction of sp³-hybridized carbons (Fsp3) is 0.727. The number of hydrogen-bond acceptors (Lipinski definition) is 3. The molecule has 84 valence electrons. The van der Waals surface area contributed by atoms with Crippen LogP contribution in [0, 0.1) is 6.92 Å². The van der Waals surface area contributed by atoms with Crippen molar-refractivity contribution in [1.82, 2.24) is 14.9 Å². The quantitative estimate of drug-likeness (QED) is 0.803. The first-order chi connectivity index (χ1) is 7.20. The molecule has 1 N–H and O–H groups in total. The topological polar surface area (TPSA) is 39.1 Å². The number of hydrogen-bond donors (Lipinski definition) is 1. The predicted octanol–water partition coefficient (Wildman–Crippen LogP) is 0.960. The second-order valence-corrected chi connectivity index (χ2v) is 4.46. The molecule has 1 atom stereocenters. The molecule has 1 saturated heterocycles. The maximum atomic E-state index is 5.39. The monoisotopic (exact) mass is 209 g/mol. The number of nitrogens with one attached hydrogen (secondary N) is 1. The molecule has 0 amide bonds. The number of imidazole rings is 1. The summed E-state index contributed by atoms with van der Waals surface area (Å²) in [4.78, 5) is 4.19. The standard InChI is InChI=1S/C11H19N3O/c1-10-12-4-6-14(10)7-5-13-11(2)3-8-15-9-11/h4,6,13H,3,5,7-9H2,1-2H3. The van der Waals surface area contributed by atoms with E-state index in [-0.39, 0.29) is 5.54 Å². The highest BCUT2D eigenvalue weighted by molar-refractivity contribution is 4.90. The van der Waals surface area contributed by atoms with E-state index in [0.717, 1.165) is 38.5 Å². The number of aryl methyl sites for hydroxylation is 1. The molecule has 1 unspecified atom stereocenters. The third-order valence-electron chi connectivity index (χ3n) is 3.05. The molecule has 4 nitrogen and oxygen atoms in total. The summed E-state index contributed by atoms with van der Waals surface area (Å²) in [5, 5.41) is 3.55. The van der Waals surface area contributed by atoms with E-state index >= 15 is 0 Å². The largest absolute Gasteiger partial charge is 0.379 e. The van der Waals surface area contributed by atoms with Crippen LogP contribution in [-0.2, 0) is 11.3 Å². The minimum atomic E-state index is 0.175. The van der Waals surface area contributed by atoms with E-state index in [1.807, 2.05) is 19.3 Å². The molecule has 2 rings (SSSR count). The molecule has 0 spiro atoms. The van der Waals surface area contributed by atoms with Gasteiger partial charge in [-0.25, -0.2) is 4.98 Å². The van der Waals surface area contributed by atoms with Crippen LogP contribution in [-0.4, -0.2) is 34.8 Å². The molecular weight excluding hydrogens is 190 g/mol. The summed E-state index contributed by atoms with van der Waals surface area (Å²) in [6, 6.07) is 0. The summed E-state index contributed by atoms with van der Waals surface area (Å²) < 4.78 is 7.55. The molecule has 0 radical (unpaired) electrons. The fourth-order valence-corrected chi connectivity index (χ4v) is 1.92. The maximum Gasteiger partial charge on any atom is 0.105 e. The lowest BCUT2D eigenvalue weighted by atomic mass is 10.0. The van der Waals surface area contributed by atoms with Crippen molar-refractivity contribution in [2.75, 3.05) is 19.8 Å². The second kappa shape index (κ2) is 4.33. The normalized spacial score (nSPS) is 26.0. The number of nitrogens with zero attached hydrogens (tertiary/aromatic N) is 2. The molecule has 0 aromatic carbocycles. The van der Waals surface area contributed by atoms with E-state index in [4.69, 9.17) is 4.74 Å². The maximum absolute atomic E-state index is 5.39. The van der Waals surface area contributed by atoms with Crippen molar-refractivity contribution < 1.29 is 4.74 Å². The smallest absolute Gasteiger partial charge is 0.105 e. The van der Waals surface area contributed by atoms with Gasteiger partial charge in [-0.05, 0) is 20.3 Å². The van der Waals surface area contributed by atoms with Gasteiger partial charge in [0, 0.05) is 37.6 Å². The van der Waals surface area contributed by atoms with Crippen LogP contribution in [0.1, 0.15) is 19.2 Å². The van der Waals surface area contributed by atoms with Gasteiger partial charge in [0.1, 0.15) is 5.82 Å². The third-order valence-corrected chi connectivity index (χ3v) is 3.05. The lowest BCUT2D eigenvalue weighted by molar-refractivity contribution is 0.171. The Morgan fingerprint density at radius 3 is 3.13 bits per heavy atom. The Hall–Kier alpha value is -0.870. The van der Waals surface area contributed by atoms with Crippen LogP contribution >= 0.6 is 0 Å². The summed E-state index contributed by atoms with van der Waals surface area (Å²) >= 11 is 0. The molecule has 0 bridgehead atoms. The van der Waals surface area contributed by atoms with E-state index in [1.165, 1.54) is 0 Å². The van der Waals surface area contributed by atoms with Gasteiger partial charge >= 0.3 is 0 Å². The van der Waals surface area contributed by atoms with Crippen LogP contribution in [0.4, 0.5) is 0 Å². The first kappa shape index (κ1) is 10.6. The zero-order valence-corrected chi connectivity index (χ0v) is 9.49. The molecular formula is C11H19N3O. The zero-order chi connectivity index (χ0) is 10.7. The average molecular weight is 209 g/mol. The van der Waals surface area contributed by atoms with Crippen molar-refractivity contribution in [3.8, 4) is 0 Å². The van der Waals surface area contributed by atoms with Gasteiger partial charge in [-0.3, -0.25) is 0 Å². The fourth-order valence-electron chi connectivity index (χ4n) is 1.92. The molecule has 4 heteroatoms. The van der Waals surface area contributed by atoms with Crippen LogP contribution in [0.15, 0.2) is 12.4 Å². The number of rotatable bonds is 4. The molecule has 1 aliphatic rings.